The highest BCUT2D eigenvalue weighted by atomic mass is 35.5. The number of aromatic amines is 1. The number of hydrogen-bond donors (Lipinski definition) is 1. The molecule has 0 bridgehead atoms. The summed E-state index contributed by atoms with van der Waals surface area (Å²) in [7, 11) is 0. The second-order valence-electron chi connectivity index (χ2n) is 9.66. The smallest absolute Gasteiger partial charge is 0.267 e. The number of hydrogen-bond acceptors (Lipinski definition) is 2. The first kappa shape index (κ1) is 21.9. The lowest BCUT2D eigenvalue weighted by molar-refractivity contribution is 0.293. The van der Waals surface area contributed by atoms with E-state index in [0.29, 0.717) is 11.8 Å². The molecule has 156 valence electrons. The predicted octanol–water partition coefficient (Wildman–Crippen LogP) is 5.74. The van der Waals surface area contributed by atoms with Crippen molar-refractivity contribution in [3.63, 3.8) is 0 Å². The number of H-pyrrole nitrogens is 1. The Morgan fingerprint density at radius 3 is 2.48 bits per heavy atom. The van der Waals surface area contributed by atoms with E-state index < -0.39 is 0 Å². The maximum absolute atomic E-state index is 12.1. The first-order valence-corrected chi connectivity index (χ1v) is 11.0. The third kappa shape index (κ3) is 5.61. The summed E-state index contributed by atoms with van der Waals surface area (Å²) in [5.74, 6) is 1.15. The van der Waals surface area contributed by atoms with Crippen LogP contribution in [0.1, 0.15) is 57.9 Å². The van der Waals surface area contributed by atoms with E-state index in [-0.39, 0.29) is 16.0 Å². The maximum atomic E-state index is 12.1. The standard InChI is InChI=1S/C25H33ClN2O/c1-17(2)15-28-13-12-18(16-28)14-21(23-11-10-22(26)24(29)27-23)19-6-8-20(9-7-19)25(3,4)5/h6-11,14,17-18H,12-13,15-16H2,1-5H3,(H,27,29)/b21-14-/t18-/m1/s1. The summed E-state index contributed by atoms with van der Waals surface area (Å²) in [6.07, 6.45) is 3.49. The zero-order chi connectivity index (χ0) is 21.2. The molecule has 3 rings (SSSR count). The molecular formula is C25H33ClN2O. The second-order valence-corrected chi connectivity index (χ2v) is 10.1. The molecule has 0 amide bonds. The average molecular weight is 413 g/mol. The lowest BCUT2D eigenvalue weighted by atomic mass is 9.85. The summed E-state index contributed by atoms with van der Waals surface area (Å²) in [6.45, 7) is 14.5. The van der Waals surface area contributed by atoms with Crippen LogP contribution in [0.15, 0.2) is 47.3 Å². The maximum Gasteiger partial charge on any atom is 0.267 e. The Hall–Kier alpha value is -1.84. The number of nitrogens with one attached hydrogen (secondary N) is 1. The van der Waals surface area contributed by atoms with Gasteiger partial charge in [-0.05, 0) is 53.5 Å². The number of benzene rings is 1. The van der Waals surface area contributed by atoms with Gasteiger partial charge in [0.15, 0.2) is 0 Å². The van der Waals surface area contributed by atoms with Crippen LogP contribution in [0.3, 0.4) is 0 Å². The molecular weight excluding hydrogens is 380 g/mol. The number of halogens is 1. The third-order valence-corrected chi connectivity index (χ3v) is 5.85. The number of rotatable bonds is 5. The monoisotopic (exact) mass is 412 g/mol. The van der Waals surface area contributed by atoms with Crippen molar-refractivity contribution in [3.8, 4) is 0 Å². The molecule has 3 nitrogen and oxygen atoms in total. The SMILES string of the molecule is CC(C)CN1CC[C@H](/C=C(/c2ccc(C(C)(C)C)cc2)c2ccc(Cl)c(=O)[nH]2)C1. The number of likely N-dealkylation sites (tertiary alicyclic amines) is 1. The minimum absolute atomic E-state index is 0.111. The van der Waals surface area contributed by atoms with Crippen molar-refractivity contribution in [1.29, 1.82) is 0 Å². The molecule has 1 aromatic heterocycles. The summed E-state index contributed by atoms with van der Waals surface area (Å²) in [4.78, 5) is 17.7. The molecule has 1 atom stereocenters. The highest BCUT2D eigenvalue weighted by molar-refractivity contribution is 6.30. The number of pyridine rings is 1. The van der Waals surface area contributed by atoms with E-state index in [1.165, 1.54) is 5.56 Å². The fourth-order valence-corrected chi connectivity index (χ4v) is 4.13. The molecule has 1 aliphatic rings. The van der Waals surface area contributed by atoms with Crippen molar-refractivity contribution >= 4 is 17.2 Å². The van der Waals surface area contributed by atoms with Crippen LogP contribution in [0.2, 0.25) is 5.02 Å². The Morgan fingerprint density at radius 1 is 1.21 bits per heavy atom. The van der Waals surface area contributed by atoms with Crippen LogP contribution in [0, 0.1) is 11.8 Å². The molecule has 4 heteroatoms. The Bertz CT molecular complexity index is 919. The number of nitrogens with zero attached hydrogens (tertiary/aromatic N) is 1. The fourth-order valence-electron chi connectivity index (χ4n) is 4.02. The molecule has 1 fully saturated rings. The summed E-state index contributed by atoms with van der Waals surface area (Å²) < 4.78 is 0. The van der Waals surface area contributed by atoms with Crippen LogP contribution in [0.25, 0.3) is 5.57 Å². The van der Waals surface area contributed by atoms with Crippen LogP contribution >= 0.6 is 11.6 Å². The van der Waals surface area contributed by atoms with E-state index in [4.69, 9.17) is 11.6 Å². The molecule has 1 N–H and O–H groups in total. The van der Waals surface area contributed by atoms with Crippen LogP contribution < -0.4 is 5.56 Å². The highest BCUT2D eigenvalue weighted by Gasteiger charge is 2.23. The van der Waals surface area contributed by atoms with Crippen LogP contribution in [-0.2, 0) is 5.41 Å². The Morgan fingerprint density at radius 2 is 1.90 bits per heavy atom. The molecule has 29 heavy (non-hydrogen) atoms. The van der Waals surface area contributed by atoms with Crippen LogP contribution in [0.5, 0.6) is 0 Å². The molecule has 1 aromatic carbocycles. The molecule has 2 aromatic rings. The van der Waals surface area contributed by atoms with E-state index in [2.05, 4.69) is 74.8 Å². The van der Waals surface area contributed by atoms with E-state index in [1.807, 2.05) is 6.07 Å². The molecule has 0 aliphatic carbocycles. The van der Waals surface area contributed by atoms with Crippen molar-refractivity contribution in [2.75, 3.05) is 19.6 Å². The van der Waals surface area contributed by atoms with Gasteiger partial charge in [-0.1, -0.05) is 76.6 Å². The molecule has 0 saturated carbocycles. The highest BCUT2D eigenvalue weighted by Crippen LogP contribution is 2.30. The van der Waals surface area contributed by atoms with Gasteiger partial charge in [0.2, 0.25) is 0 Å². The van der Waals surface area contributed by atoms with Crippen molar-refractivity contribution in [3.05, 3.63) is 74.7 Å². The minimum Gasteiger partial charge on any atom is -0.321 e. The first-order valence-electron chi connectivity index (χ1n) is 10.6. The Kier molecular flexibility index (Phi) is 6.70. The lowest BCUT2D eigenvalue weighted by Gasteiger charge is -2.20. The zero-order valence-corrected chi connectivity index (χ0v) is 19.0. The van der Waals surface area contributed by atoms with E-state index >= 15 is 0 Å². The summed E-state index contributed by atoms with van der Waals surface area (Å²) >= 11 is 5.97. The van der Waals surface area contributed by atoms with Crippen molar-refractivity contribution in [2.24, 2.45) is 11.8 Å². The van der Waals surface area contributed by atoms with Gasteiger partial charge in [0.25, 0.3) is 5.56 Å². The van der Waals surface area contributed by atoms with Gasteiger partial charge in [-0.3, -0.25) is 4.79 Å². The zero-order valence-electron chi connectivity index (χ0n) is 18.3. The van der Waals surface area contributed by atoms with E-state index in [1.54, 1.807) is 6.07 Å². The summed E-state index contributed by atoms with van der Waals surface area (Å²) in [5, 5.41) is 0.222. The first-order chi connectivity index (χ1) is 13.6. The average Bonchev–Trinajstić information content (AvgIpc) is 3.08. The summed E-state index contributed by atoms with van der Waals surface area (Å²) in [5.41, 5.74) is 4.20. The predicted molar refractivity (Wildman–Crippen MR) is 124 cm³/mol. The van der Waals surface area contributed by atoms with Gasteiger partial charge in [-0.15, -0.1) is 0 Å². The van der Waals surface area contributed by atoms with Crippen molar-refractivity contribution < 1.29 is 0 Å². The largest absolute Gasteiger partial charge is 0.321 e. The van der Waals surface area contributed by atoms with E-state index in [0.717, 1.165) is 42.9 Å². The fraction of sp³-hybridized carbons (Fsp3) is 0.480. The molecule has 0 unspecified atom stereocenters. The van der Waals surface area contributed by atoms with Gasteiger partial charge >= 0.3 is 0 Å². The lowest BCUT2D eigenvalue weighted by Crippen LogP contribution is -2.25. The quantitative estimate of drug-likeness (QED) is 0.680. The normalized spacial score (nSPS) is 18.6. The van der Waals surface area contributed by atoms with Gasteiger partial charge in [0.1, 0.15) is 5.02 Å². The number of aromatic nitrogens is 1. The van der Waals surface area contributed by atoms with Crippen molar-refractivity contribution in [2.45, 2.75) is 46.5 Å². The molecule has 1 aliphatic heterocycles. The molecule has 1 saturated heterocycles. The molecule has 2 heterocycles. The van der Waals surface area contributed by atoms with Crippen LogP contribution in [0.4, 0.5) is 0 Å². The van der Waals surface area contributed by atoms with Crippen LogP contribution in [-0.4, -0.2) is 29.5 Å². The Balaban J connectivity index is 1.96. The topological polar surface area (TPSA) is 36.1 Å². The van der Waals surface area contributed by atoms with Gasteiger partial charge in [-0.25, -0.2) is 0 Å². The van der Waals surface area contributed by atoms with E-state index in [9.17, 15) is 4.79 Å². The Labute approximate surface area is 179 Å². The van der Waals surface area contributed by atoms with Gasteiger partial charge < -0.3 is 9.88 Å². The van der Waals surface area contributed by atoms with Gasteiger partial charge in [0.05, 0.1) is 0 Å². The molecule has 0 spiro atoms. The van der Waals surface area contributed by atoms with Gasteiger partial charge in [-0.2, -0.15) is 0 Å². The molecule has 0 radical (unpaired) electrons. The van der Waals surface area contributed by atoms with Gasteiger partial charge in [0, 0.05) is 24.4 Å². The summed E-state index contributed by atoms with van der Waals surface area (Å²) in [6, 6.07) is 12.3. The second kappa shape index (κ2) is 8.89. The third-order valence-electron chi connectivity index (χ3n) is 5.55. The van der Waals surface area contributed by atoms with Crippen molar-refractivity contribution in [1.82, 2.24) is 9.88 Å². The minimum atomic E-state index is -0.241.